The minimum Gasteiger partial charge on any atom is -0.663 e. The minimum absolute atomic E-state index is 0. The van der Waals surface area contributed by atoms with Crippen molar-refractivity contribution in [1.29, 1.82) is 0 Å². The Morgan fingerprint density at radius 2 is 2.14 bits per heavy atom. The fourth-order valence-electron chi connectivity index (χ4n) is 2.31. The van der Waals surface area contributed by atoms with Crippen molar-refractivity contribution in [2.24, 2.45) is 0 Å². The zero-order valence-electron chi connectivity index (χ0n) is 12.8. The smallest absolute Gasteiger partial charge is 0.663 e. The summed E-state index contributed by atoms with van der Waals surface area (Å²) in [5.41, 5.74) is 3.61. The maximum absolute atomic E-state index is 4.48. The van der Waals surface area contributed by atoms with Gasteiger partial charge in [-0.3, -0.25) is 0 Å². The Hall–Kier alpha value is -1.14. The van der Waals surface area contributed by atoms with Crippen LogP contribution in [-0.2, 0) is 13.0 Å². The van der Waals surface area contributed by atoms with Gasteiger partial charge in [0, 0.05) is 6.54 Å². The van der Waals surface area contributed by atoms with Gasteiger partial charge in [0.05, 0.1) is 6.54 Å². The quantitative estimate of drug-likeness (QED) is 0.539. The summed E-state index contributed by atoms with van der Waals surface area (Å²) in [5.74, 6) is 0. The number of aromatic nitrogens is 4. The van der Waals surface area contributed by atoms with Gasteiger partial charge in [0.2, 0.25) is 0 Å². The van der Waals surface area contributed by atoms with Crippen molar-refractivity contribution in [3.63, 3.8) is 0 Å². The summed E-state index contributed by atoms with van der Waals surface area (Å²) in [6.07, 6.45) is 6.31. The average Bonchev–Trinajstić information content (AvgIpc) is 3.05. The van der Waals surface area contributed by atoms with Gasteiger partial charge in [-0.15, -0.1) is 5.52 Å². The monoisotopic (exact) mass is 291 g/mol. The topological polar surface area (TPSA) is 48.1 Å². The van der Waals surface area contributed by atoms with E-state index in [2.05, 4.69) is 52.3 Å². The van der Waals surface area contributed by atoms with E-state index in [1.165, 1.54) is 16.5 Å². The first-order chi connectivity index (χ1) is 9.72. The van der Waals surface area contributed by atoms with Crippen LogP contribution in [0, 0.1) is 0 Å². The Labute approximate surface area is 146 Å². The van der Waals surface area contributed by atoms with Crippen LogP contribution >= 0.6 is 0 Å². The average molecular weight is 291 g/mol. The first-order valence-corrected chi connectivity index (χ1v) is 6.73. The fourth-order valence-corrected chi connectivity index (χ4v) is 2.31. The second-order valence-corrected chi connectivity index (χ2v) is 5.28. The molecule has 1 aromatic carbocycles. The zero-order valence-corrected chi connectivity index (χ0v) is 14.8. The molecule has 0 N–H and O–H groups in total. The Bertz CT molecular complexity index is 687. The number of hydrogen-bond donors (Lipinski definition) is 0. The van der Waals surface area contributed by atoms with Crippen LogP contribution in [0.3, 0.4) is 0 Å². The van der Waals surface area contributed by atoms with Gasteiger partial charge in [0.1, 0.15) is 12.7 Å². The molecular formula is C15H18N5Na. The van der Waals surface area contributed by atoms with E-state index in [1.54, 1.807) is 12.7 Å². The van der Waals surface area contributed by atoms with E-state index >= 15 is 0 Å². The van der Waals surface area contributed by atoms with Crippen molar-refractivity contribution in [2.45, 2.75) is 13.0 Å². The van der Waals surface area contributed by atoms with Gasteiger partial charge in [0.15, 0.2) is 0 Å². The molecule has 0 aliphatic heterocycles. The molecule has 2 heterocycles. The standard InChI is InChI=1S/C15H18N5.Na/c1-19(2)6-5-13-8-17-15-4-3-12(7-14(13)15)9-20-11-16-10-18-20;/h3-4,7-8,10-11H,5-6,9H2,1-2H3;/q-1;+1. The maximum atomic E-state index is 4.48. The van der Waals surface area contributed by atoms with Gasteiger partial charge in [-0.2, -0.15) is 11.3 Å². The van der Waals surface area contributed by atoms with Gasteiger partial charge in [-0.05, 0) is 31.5 Å². The maximum Gasteiger partial charge on any atom is 1.00 e. The third-order valence-electron chi connectivity index (χ3n) is 3.41. The SMILES string of the molecule is CN(C)CCc1c[n-]c2ccc(Cn3cncn3)cc12.[Na+]. The molecule has 21 heavy (non-hydrogen) atoms. The Morgan fingerprint density at radius 1 is 1.29 bits per heavy atom. The third-order valence-corrected chi connectivity index (χ3v) is 3.41. The first-order valence-electron chi connectivity index (χ1n) is 6.73. The first kappa shape index (κ1) is 16.2. The molecule has 0 atom stereocenters. The number of likely N-dealkylation sites (N-methyl/N-ethyl adjacent to an activating group) is 1. The predicted octanol–water partition coefficient (Wildman–Crippen LogP) is -1.46. The molecular weight excluding hydrogens is 273 g/mol. The van der Waals surface area contributed by atoms with Crippen molar-refractivity contribution in [2.75, 3.05) is 20.6 Å². The normalized spacial score (nSPS) is 11.0. The van der Waals surface area contributed by atoms with Crippen LogP contribution in [0.5, 0.6) is 0 Å². The van der Waals surface area contributed by atoms with E-state index in [0.717, 1.165) is 25.0 Å². The van der Waals surface area contributed by atoms with Crippen LogP contribution in [0.2, 0.25) is 0 Å². The molecule has 0 spiro atoms. The summed E-state index contributed by atoms with van der Waals surface area (Å²) in [4.78, 5) is 10.6. The summed E-state index contributed by atoms with van der Waals surface area (Å²) < 4.78 is 1.83. The van der Waals surface area contributed by atoms with E-state index in [0.29, 0.717) is 0 Å². The molecule has 2 aromatic heterocycles. The van der Waals surface area contributed by atoms with Crippen LogP contribution in [0.1, 0.15) is 11.1 Å². The molecule has 3 aromatic rings. The summed E-state index contributed by atoms with van der Waals surface area (Å²) in [6, 6.07) is 6.41. The fraction of sp³-hybridized carbons (Fsp3) is 0.333. The van der Waals surface area contributed by atoms with Gasteiger partial charge < -0.3 is 9.88 Å². The van der Waals surface area contributed by atoms with E-state index in [9.17, 15) is 0 Å². The molecule has 0 fully saturated rings. The van der Waals surface area contributed by atoms with Crippen molar-refractivity contribution in [3.05, 3.63) is 48.2 Å². The van der Waals surface area contributed by atoms with E-state index in [4.69, 9.17) is 0 Å². The minimum atomic E-state index is 0. The Morgan fingerprint density at radius 3 is 2.86 bits per heavy atom. The number of rotatable bonds is 5. The molecule has 0 radical (unpaired) electrons. The summed E-state index contributed by atoms with van der Waals surface area (Å²) in [7, 11) is 4.18. The second kappa shape index (κ2) is 7.22. The Kier molecular flexibility index (Phi) is 5.58. The molecule has 0 bridgehead atoms. The van der Waals surface area contributed by atoms with E-state index < -0.39 is 0 Å². The molecule has 0 unspecified atom stereocenters. The van der Waals surface area contributed by atoms with E-state index in [-0.39, 0.29) is 29.6 Å². The van der Waals surface area contributed by atoms with Crippen LogP contribution in [0.4, 0.5) is 0 Å². The molecule has 0 amide bonds. The van der Waals surface area contributed by atoms with Crippen molar-refractivity contribution in [1.82, 2.24) is 24.6 Å². The largest absolute Gasteiger partial charge is 1.00 e. The third kappa shape index (κ3) is 3.95. The summed E-state index contributed by atoms with van der Waals surface area (Å²) >= 11 is 0. The van der Waals surface area contributed by atoms with Crippen LogP contribution in [0.15, 0.2) is 37.1 Å². The number of benzene rings is 1. The molecule has 5 nitrogen and oxygen atoms in total. The molecule has 3 rings (SSSR count). The summed E-state index contributed by atoms with van der Waals surface area (Å²) in [6.45, 7) is 1.78. The van der Waals surface area contributed by atoms with Gasteiger partial charge in [-0.1, -0.05) is 23.8 Å². The molecule has 0 saturated carbocycles. The number of nitrogens with zero attached hydrogens (tertiary/aromatic N) is 5. The predicted molar refractivity (Wildman–Crippen MR) is 78.7 cm³/mol. The van der Waals surface area contributed by atoms with Gasteiger partial charge in [-0.25, -0.2) is 9.67 Å². The van der Waals surface area contributed by atoms with Gasteiger partial charge in [0.25, 0.3) is 0 Å². The molecule has 0 aliphatic carbocycles. The number of fused-ring (bicyclic) bond motifs is 1. The van der Waals surface area contributed by atoms with Crippen LogP contribution in [-0.4, -0.2) is 40.3 Å². The number of hydrogen-bond acceptors (Lipinski definition) is 3. The summed E-state index contributed by atoms with van der Waals surface area (Å²) in [5, 5.41) is 5.40. The molecule has 0 aliphatic rings. The van der Waals surface area contributed by atoms with E-state index in [1.807, 2.05) is 10.9 Å². The van der Waals surface area contributed by atoms with Gasteiger partial charge >= 0.3 is 29.6 Å². The molecule has 6 heteroatoms. The zero-order chi connectivity index (χ0) is 13.9. The second-order valence-electron chi connectivity index (χ2n) is 5.28. The van der Waals surface area contributed by atoms with Crippen LogP contribution < -0.4 is 34.5 Å². The van der Waals surface area contributed by atoms with Crippen molar-refractivity contribution >= 4 is 10.9 Å². The Balaban J connectivity index is 0.00000161. The van der Waals surface area contributed by atoms with Crippen LogP contribution in [0.25, 0.3) is 10.9 Å². The van der Waals surface area contributed by atoms with Crippen molar-refractivity contribution < 1.29 is 29.6 Å². The van der Waals surface area contributed by atoms with Crippen molar-refractivity contribution in [3.8, 4) is 0 Å². The molecule has 104 valence electrons. The molecule has 0 saturated heterocycles.